The SMILES string of the molecule is C=CC(=O)CC(C)(C)N. The molecule has 0 bridgehead atoms. The summed E-state index contributed by atoms with van der Waals surface area (Å²) >= 11 is 0. The van der Waals surface area contributed by atoms with Crippen molar-refractivity contribution in [3.05, 3.63) is 12.7 Å². The summed E-state index contributed by atoms with van der Waals surface area (Å²) in [5, 5.41) is 0. The molecule has 0 aliphatic carbocycles. The molecule has 0 aromatic carbocycles. The molecule has 0 fully saturated rings. The van der Waals surface area contributed by atoms with Gasteiger partial charge in [0.2, 0.25) is 0 Å². The number of nitrogens with two attached hydrogens (primary N) is 1. The summed E-state index contributed by atoms with van der Waals surface area (Å²) in [4.78, 5) is 10.6. The van der Waals surface area contributed by atoms with Gasteiger partial charge in [0, 0.05) is 12.0 Å². The number of carbonyl (C=O) groups excluding carboxylic acids is 1. The standard InChI is InChI=1S/C7H13NO/c1-4-6(9)5-7(2,3)8/h4H,1,5,8H2,2-3H3. The van der Waals surface area contributed by atoms with Crippen molar-refractivity contribution < 1.29 is 4.79 Å². The smallest absolute Gasteiger partial charge is 0.156 e. The molecule has 0 aliphatic rings. The van der Waals surface area contributed by atoms with Crippen LogP contribution >= 0.6 is 0 Å². The van der Waals surface area contributed by atoms with Crippen LogP contribution in [0, 0.1) is 0 Å². The molecule has 0 amide bonds. The molecule has 52 valence electrons. The van der Waals surface area contributed by atoms with Crippen LogP contribution in [0.5, 0.6) is 0 Å². The van der Waals surface area contributed by atoms with E-state index in [4.69, 9.17) is 5.73 Å². The highest BCUT2D eigenvalue weighted by molar-refractivity contribution is 5.89. The van der Waals surface area contributed by atoms with Crippen LogP contribution in [0.4, 0.5) is 0 Å². The average molecular weight is 127 g/mol. The van der Waals surface area contributed by atoms with E-state index >= 15 is 0 Å². The minimum absolute atomic E-state index is 0.00231. The molecule has 0 atom stereocenters. The van der Waals surface area contributed by atoms with Crippen LogP contribution in [0.15, 0.2) is 12.7 Å². The maximum Gasteiger partial charge on any atom is 0.156 e. The lowest BCUT2D eigenvalue weighted by Crippen LogP contribution is -2.34. The van der Waals surface area contributed by atoms with Crippen LogP contribution in [0.25, 0.3) is 0 Å². The second-order valence-electron chi connectivity index (χ2n) is 2.84. The third-order valence-corrected chi connectivity index (χ3v) is 0.858. The van der Waals surface area contributed by atoms with Gasteiger partial charge in [0.1, 0.15) is 0 Å². The molecule has 0 heterocycles. The molecule has 0 saturated carbocycles. The maximum absolute atomic E-state index is 10.6. The Hall–Kier alpha value is -0.630. The second-order valence-corrected chi connectivity index (χ2v) is 2.84. The number of carbonyl (C=O) groups is 1. The van der Waals surface area contributed by atoms with Crippen molar-refractivity contribution in [2.75, 3.05) is 0 Å². The number of hydrogen-bond acceptors (Lipinski definition) is 2. The maximum atomic E-state index is 10.6. The lowest BCUT2D eigenvalue weighted by Gasteiger charge is -2.15. The summed E-state index contributed by atoms with van der Waals surface area (Å²) in [6.07, 6.45) is 1.67. The predicted octanol–water partition coefficient (Wildman–Crippen LogP) is 0.869. The molecule has 0 radical (unpaired) electrons. The fraction of sp³-hybridized carbons (Fsp3) is 0.571. The predicted molar refractivity (Wildman–Crippen MR) is 38.1 cm³/mol. The van der Waals surface area contributed by atoms with Gasteiger partial charge in [0.25, 0.3) is 0 Å². The first-order valence-electron chi connectivity index (χ1n) is 2.90. The molecule has 0 spiro atoms. The van der Waals surface area contributed by atoms with E-state index < -0.39 is 5.54 Å². The first kappa shape index (κ1) is 8.37. The monoisotopic (exact) mass is 127 g/mol. The molecule has 0 rings (SSSR count). The van der Waals surface area contributed by atoms with E-state index in [-0.39, 0.29) is 5.78 Å². The van der Waals surface area contributed by atoms with Crippen LogP contribution in [0.1, 0.15) is 20.3 Å². The molecule has 9 heavy (non-hydrogen) atoms. The van der Waals surface area contributed by atoms with Gasteiger partial charge >= 0.3 is 0 Å². The molecule has 0 aromatic heterocycles. The summed E-state index contributed by atoms with van der Waals surface area (Å²) in [5.41, 5.74) is 5.15. The highest BCUT2D eigenvalue weighted by Crippen LogP contribution is 2.03. The summed E-state index contributed by atoms with van der Waals surface area (Å²) in [5.74, 6) is 0.00231. The van der Waals surface area contributed by atoms with Gasteiger partial charge in [-0.2, -0.15) is 0 Å². The van der Waals surface area contributed by atoms with Crippen molar-refractivity contribution in [2.45, 2.75) is 25.8 Å². The van der Waals surface area contributed by atoms with Gasteiger partial charge in [0.15, 0.2) is 5.78 Å². The van der Waals surface area contributed by atoms with E-state index in [1.807, 2.05) is 13.8 Å². The van der Waals surface area contributed by atoms with E-state index in [0.29, 0.717) is 6.42 Å². The van der Waals surface area contributed by atoms with Gasteiger partial charge in [-0.05, 0) is 19.9 Å². The van der Waals surface area contributed by atoms with E-state index in [1.165, 1.54) is 6.08 Å². The highest BCUT2D eigenvalue weighted by atomic mass is 16.1. The summed E-state index contributed by atoms with van der Waals surface area (Å²) < 4.78 is 0. The minimum atomic E-state index is -0.398. The van der Waals surface area contributed by atoms with Crippen molar-refractivity contribution in [1.82, 2.24) is 0 Å². The second kappa shape index (κ2) is 2.78. The zero-order valence-electron chi connectivity index (χ0n) is 5.98. The Bertz CT molecular complexity index is 121. The van der Waals surface area contributed by atoms with Gasteiger partial charge in [-0.25, -0.2) is 0 Å². The highest BCUT2D eigenvalue weighted by Gasteiger charge is 2.13. The minimum Gasteiger partial charge on any atom is -0.325 e. The molecule has 2 N–H and O–H groups in total. The Morgan fingerprint density at radius 1 is 1.78 bits per heavy atom. The van der Waals surface area contributed by atoms with Crippen LogP contribution in [0.2, 0.25) is 0 Å². The van der Waals surface area contributed by atoms with E-state index in [2.05, 4.69) is 6.58 Å². The van der Waals surface area contributed by atoms with E-state index in [1.54, 1.807) is 0 Å². The number of allylic oxidation sites excluding steroid dienone is 1. The number of rotatable bonds is 3. The molecule has 0 aliphatic heterocycles. The Morgan fingerprint density at radius 3 is 2.33 bits per heavy atom. The van der Waals surface area contributed by atoms with Crippen LogP contribution in [-0.2, 0) is 4.79 Å². The van der Waals surface area contributed by atoms with Crippen LogP contribution in [0.3, 0.4) is 0 Å². The summed E-state index contributed by atoms with van der Waals surface area (Å²) in [6, 6.07) is 0. The Balaban J connectivity index is 3.74. The quantitative estimate of drug-likeness (QED) is 0.571. The van der Waals surface area contributed by atoms with Gasteiger partial charge in [-0.15, -0.1) is 0 Å². The zero-order chi connectivity index (χ0) is 7.49. The van der Waals surface area contributed by atoms with Crippen molar-refractivity contribution >= 4 is 5.78 Å². The third kappa shape index (κ3) is 5.24. The molecule has 0 saturated heterocycles. The number of ketones is 1. The Labute approximate surface area is 55.7 Å². The van der Waals surface area contributed by atoms with Gasteiger partial charge in [-0.3, -0.25) is 4.79 Å². The van der Waals surface area contributed by atoms with Gasteiger partial charge in [-0.1, -0.05) is 6.58 Å². The van der Waals surface area contributed by atoms with Crippen molar-refractivity contribution in [3.8, 4) is 0 Å². The lowest BCUT2D eigenvalue weighted by atomic mass is 9.99. The van der Waals surface area contributed by atoms with Crippen molar-refractivity contribution in [3.63, 3.8) is 0 Å². The fourth-order valence-corrected chi connectivity index (χ4v) is 0.521. The molecule has 2 nitrogen and oxygen atoms in total. The molecular formula is C7H13NO. The topological polar surface area (TPSA) is 43.1 Å². The Kier molecular flexibility index (Phi) is 2.59. The fourth-order valence-electron chi connectivity index (χ4n) is 0.521. The van der Waals surface area contributed by atoms with Crippen LogP contribution < -0.4 is 5.73 Å². The van der Waals surface area contributed by atoms with Crippen molar-refractivity contribution in [2.24, 2.45) is 5.73 Å². The largest absolute Gasteiger partial charge is 0.325 e. The summed E-state index contributed by atoms with van der Waals surface area (Å²) in [6.45, 7) is 6.97. The Morgan fingerprint density at radius 2 is 2.22 bits per heavy atom. The molecule has 2 heteroatoms. The van der Waals surface area contributed by atoms with Gasteiger partial charge < -0.3 is 5.73 Å². The molecule has 0 unspecified atom stereocenters. The van der Waals surface area contributed by atoms with Crippen LogP contribution in [-0.4, -0.2) is 11.3 Å². The van der Waals surface area contributed by atoms with E-state index in [9.17, 15) is 4.79 Å². The average Bonchev–Trinajstić information content (AvgIpc) is 1.62. The first-order chi connectivity index (χ1) is 3.95. The normalized spacial score (nSPS) is 11.0. The van der Waals surface area contributed by atoms with Gasteiger partial charge in [0.05, 0.1) is 0 Å². The zero-order valence-corrected chi connectivity index (χ0v) is 5.98. The number of hydrogen-bond donors (Lipinski definition) is 1. The summed E-state index contributed by atoms with van der Waals surface area (Å²) in [7, 11) is 0. The molecule has 0 aromatic rings. The lowest BCUT2D eigenvalue weighted by molar-refractivity contribution is -0.115. The first-order valence-corrected chi connectivity index (χ1v) is 2.90. The third-order valence-electron chi connectivity index (χ3n) is 0.858. The molecular weight excluding hydrogens is 114 g/mol. The van der Waals surface area contributed by atoms with E-state index in [0.717, 1.165) is 0 Å². The van der Waals surface area contributed by atoms with Crippen molar-refractivity contribution in [1.29, 1.82) is 0 Å².